The fourth-order valence-corrected chi connectivity index (χ4v) is 3.12. The first-order valence-corrected chi connectivity index (χ1v) is 7.56. The Morgan fingerprint density at radius 2 is 2.32 bits per heavy atom. The van der Waals surface area contributed by atoms with Crippen LogP contribution in [0.15, 0.2) is 12.1 Å². The Hall–Kier alpha value is -0.910. The van der Waals surface area contributed by atoms with Crippen LogP contribution in [-0.2, 0) is 27.2 Å². The Kier molecular flexibility index (Phi) is 5.82. The molecule has 0 spiro atoms. The largest absolute Gasteiger partial charge is 0.469 e. The maximum Gasteiger partial charge on any atom is 0.310 e. The standard InChI is InChI=1S/C14H21NO3S/c1-17-14(16)8-12-5-6-13(19-12)10-15-9-11-4-2-3-7-18-11/h5-6,11,15H,2-4,7-10H2,1H3. The summed E-state index contributed by atoms with van der Waals surface area (Å²) in [6.45, 7) is 2.64. The van der Waals surface area contributed by atoms with Crippen LogP contribution in [0.25, 0.3) is 0 Å². The van der Waals surface area contributed by atoms with Gasteiger partial charge in [-0.05, 0) is 31.4 Å². The number of nitrogens with one attached hydrogen (secondary N) is 1. The quantitative estimate of drug-likeness (QED) is 0.812. The van der Waals surface area contributed by atoms with E-state index in [2.05, 4.69) is 16.1 Å². The van der Waals surface area contributed by atoms with Crippen molar-refractivity contribution in [3.05, 3.63) is 21.9 Å². The van der Waals surface area contributed by atoms with Gasteiger partial charge in [0.15, 0.2) is 0 Å². The summed E-state index contributed by atoms with van der Waals surface area (Å²) >= 11 is 1.66. The zero-order chi connectivity index (χ0) is 13.5. The minimum Gasteiger partial charge on any atom is -0.469 e. The molecule has 1 aromatic heterocycles. The molecule has 0 radical (unpaired) electrons. The van der Waals surface area contributed by atoms with Crippen molar-refractivity contribution in [3.8, 4) is 0 Å². The van der Waals surface area contributed by atoms with E-state index in [1.54, 1.807) is 11.3 Å². The first-order chi connectivity index (χ1) is 9.28. The maximum absolute atomic E-state index is 11.2. The zero-order valence-corrected chi connectivity index (χ0v) is 12.1. The lowest BCUT2D eigenvalue weighted by atomic mass is 10.1. The molecule has 1 atom stereocenters. The summed E-state index contributed by atoms with van der Waals surface area (Å²) < 4.78 is 10.3. The topological polar surface area (TPSA) is 47.6 Å². The van der Waals surface area contributed by atoms with Crippen LogP contribution in [0.4, 0.5) is 0 Å². The van der Waals surface area contributed by atoms with E-state index in [0.717, 1.165) is 31.0 Å². The molecular weight excluding hydrogens is 262 g/mol. The SMILES string of the molecule is COC(=O)Cc1ccc(CNCC2CCCCO2)s1. The number of esters is 1. The third kappa shape index (κ3) is 4.93. The van der Waals surface area contributed by atoms with E-state index in [-0.39, 0.29) is 5.97 Å². The van der Waals surface area contributed by atoms with Crippen LogP contribution in [0.5, 0.6) is 0 Å². The predicted molar refractivity (Wildman–Crippen MR) is 75.3 cm³/mol. The van der Waals surface area contributed by atoms with Crippen LogP contribution in [-0.4, -0.2) is 32.3 Å². The van der Waals surface area contributed by atoms with Crippen molar-refractivity contribution in [1.29, 1.82) is 0 Å². The molecule has 1 fully saturated rings. The van der Waals surface area contributed by atoms with Gasteiger partial charge in [0.2, 0.25) is 0 Å². The Bertz CT molecular complexity index is 399. The van der Waals surface area contributed by atoms with Crippen molar-refractivity contribution in [1.82, 2.24) is 5.32 Å². The molecule has 106 valence electrons. The first kappa shape index (κ1) is 14.5. The third-order valence-electron chi connectivity index (χ3n) is 3.21. The van der Waals surface area contributed by atoms with E-state index in [0.29, 0.717) is 12.5 Å². The smallest absolute Gasteiger partial charge is 0.310 e. The van der Waals surface area contributed by atoms with Gasteiger partial charge < -0.3 is 14.8 Å². The van der Waals surface area contributed by atoms with Crippen LogP contribution < -0.4 is 5.32 Å². The van der Waals surface area contributed by atoms with E-state index >= 15 is 0 Å². The van der Waals surface area contributed by atoms with Gasteiger partial charge in [0.1, 0.15) is 0 Å². The fourth-order valence-electron chi connectivity index (χ4n) is 2.15. The van der Waals surface area contributed by atoms with E-state index in [4.69, 9.17) is 4.74 Å². The Balaban J connectivity index is 1.69. The van der Waals surface area contributed by atoms with Crippen LogP contribution in [0, 0.1) is 0 Å². The molecule has 1 N–H and O–H groups in total. The van der Waals surface area contributed by atoms with Crippen LogP contribution in [0.2, 0.25) is 0 Å². The van der Waals surface area contributed by atoms with Gasteiger partial charge in [-0.3, -0.25) is 4.79 Å². The van der Waals surface area contributed by atoms with Gasteiger partial charge in [0.25, 0.3) is 0 Å². The number of carbonyl (C=O) groups excluding carboxylic acids is 1. The fraction of sp³-hybridized carbons (Fsp3) is 0.643. The van der Waals surface area contributed by atoms with Crippen molar-refractivity contribution in [2.75, 3.05) is 20.3 Å². The normalized spacial score (nSPS) is 19.3. The highest BCUT2D eigenvalue weighted by atomic mass is 32.1. The highest BCUT2D eigenvalue weighted by Gasteiger charge is 2.13. The highest BCUT2D eigenvalue weighted by molar-refractivity contribution is 7.12. The van der Waals surface area contributed by atoms with Gasteiger partial charge >= 0.3 is 5.97 Å². The highest BCUT2D eigenvalue weighted by Crippen LogP contribution is 2.17. The van der Waals surface area contributed by atoms with Crippen molar-refractivity contribution >= 4 is 17.3 Å². The van der Waals surface area contributed by atoms with Gasteiger partial charge in [-0.1, -0.05) is 0 Å². The number of rotatable bonds is 6. The van der Waals surface area contributed by atoms with Gasteiger partial charge in [-0.2, -0.15) is 0 Å². The zero-order valence-electron chi connectivity index (χ0n) is 11.3. The molecule has 2 rings (SSSR count). The monoisotopic (exact) mass is 283 g/mol. The second-order valence-electron chi connectivity index (χ2n) is 4.74. The molecule has 0 aromatic carbocycles. The second-order valence-corrected chi connectivity index (χ2v) is 5.99. The van der Waals surface area contributed by atoms with Crippen LogP contribution in [0.3, 0.4) is 0 Å². The van der Waals surface area contributed by atoms with Gasteiger partial charge in [-0.15, -0.1) is 11.3 Å². The summed E-state index contributed by atoms with van der Waals surface area (Å²) in [7, 11) is 1.42. The van der Waals surface area contributed by atoms with Gasteiger partial charge in [0.05, 0.1) is 19.6 Å². The van der Waals surface area contributed by atoms with Crippen molar-refractivity contribution in [3.63, 3.8) is 0 Å². The minimum absolute atomic E-state index is 0.183. The number of methoxy groups -OCH3 is 1. The molecule has 2 heterocycles. The van der Waals surface area contributed by atoms with E-state index in [1.807, 2.05) is 6.07 Å². The number of thiophene rings is 1. The molecule has 0 bridgehead atoms. The summed E-state index contributed by atoms with van der Waals surface area (Å²) in [5.74, 6) is -0.183. The van der Waals surface area contributed by atoms with Crippen molar-refractivity contribution < 1.29 is 14.3 Å². The summed E-state index contributed by atoms with van der Waals surface area (Å²) in [6, 6.07) is 4.06. The molecule has 0 aliphatic carbocycles. The molecule has 1 unspecified atom stereocenters. The van der Waals surface area contributed by atoms with Crippen molar-refractivity contribution in [2.24, 2.45) is 0 Å². The molecular formula is C14H21NO3S. The third-order valence-corrected chi connectivity index (χ3v) is 4.29. The first-order valence-electron chi connectivity index (χ1n) is 6.74. The Labute approximate surface area is 118 Å². The summed E-state index contributed by atoms with van der Waals surface area (Å²) in [5, 5.41) is 3.42. The summed E-state index contributed by atoms with van der Waals surface area (Å²) in [4.78, 5) is 13.5. The van der Waals surface area contributed by atoms with E-state index in [1.165, 1.54) is 24.8 Å². The van der Waals surface area contributed by atoms with Crippen molar-refractivity contribution in [2.45, 2.75) is 38.3 Å². The molecule has 4 nitrogen and oxygen atoms in total. The maximum atomic E-state index is 11.2. The molecule has 1 aliphatic rings. The molecule has 5 heteroatoms. The van der Waals surface area contributed by atoms with E-state index < -0.39 is 0 Å². The minimum atomic E-state index is -0.183. The summed E-state index contributed by atoms with van der Waals surface area (Å²) in [6.07, 6.45) is 4.36. The number of hydrogen-bond acceptors (Lipinski definition) is 5. The average molecular weight is 283 g/mol. The second kappa shape index (κ2) is 7.62. The summed E-state index contributed by atoms with van der Waals surface area (Å²) in [5.41, 5.74) is 0. The molecule has 0 saturated carbocycles. The lowest BCUT2D eigenvalue weighted by Crippen LogP contribution is -2.31. The molecule has 19 heavy (non-hydrogen) atoms. The lowest BCUT2D eigenvalue weighted by molar-refractivity contribution is -0.139. The van der Waals surface area contributed by atoms with Crippen LogP contribution in [0.1, 0.15) is 29.0 Å². The predicted octanol–water partition coefficient (Wildman–Crippen LogP) is 2.12. The Morgan fingerprint density at radius 3 is 3.05 bits per heavy atom. The molecule has 1 saturated heterocycles. The molecule has 0 amide bonds. The van der Waals surface area contributed by atoms with E-state index in [9.17, 15) is 4.79 Å². The number of carbonyl (C=O) groups is 1. The van der Waals surface area contributed by atoms with Crippen LogP contribution >= 0.6 is 11.3 Å². The lowest BCUT2D eigenvalue weighted by Gasteiger charge is -2.22. The average Bonchev–Trinajstić information content (AvgIpc) is 2.87. The number of hydrogen-bond donors (Lipinski definition) is 1. The number of ether oxygens (including phenoxy) is 2. The molecule has 1 aromatic rings. The van der Waals surface area contributed by atoms with Gasteiger partial charge in [0, 0.05) is 29.5 Å². The Morgan fingerprint density at radius 1 is 1.47 bits per heavy atom. The molecule has 1 aliphatic heterocycles. The van der Waals surface area contributed by atoms with Gasteiger partial charge in [-0.25, -0.2) is 0 Å².